The molecule has 0 saturated heterocycles. The average Bonchev–Trinajstić information content (AvgIpc) is 2.03. The Hall–Kier alpha value is -1.18. The van der Waals surface area contributed by atoms with Gasteiger partial charge in [-0.3, -0.25) is 0 Å². The zero-order valence-corrected chi connectivity index (χ0v) is 7.45. The van der Waals surface area contributed by atoms with Gasteiger partial charge < -0.3 is 9.84 Å². The molecule has 0 aromatic heterocycles. The molecule has 2 nitrogen and oxygen atoms in total. The summed E-state index contributed by atoms with van der Waals surface area (Å²) in [6.45, 7) is 4.91. The Balaban J connectivity index is 2.48. The Morgan fingerprint density at radius 3 is 2.33 bits per heavy atom. The number of benzene rings is 1. The summed E-state index contributed by atoms with van der Waals surface area (Å²) < 4.78 is 5.41. The summed E-state index contributed by atoms with van der Waals surface area (Å²) in [6, 6.07) is 6.76. The topological polar surface area (TPSA) is 29.5 Å². The normalized spacial score (nSPS) is 10.2. The third kappa shape index (κ3) is 2.82. The lowest BCUT2D eigenvalue weighted by molar-refractivity contribution is 0.270. The Morgan fingerprint density at radius 1 is 1.25 bits per heavy atom. The van der Waals surface area contributed by atoms with Crippen LogP contribution in [0.3, 0.4) is 0 Å². The molecular weight excluding hydrogens is 152 g/mol. The molecule has 0 fully saturated rings. The van der Waals surface area contributed by atoms with Gasteiger partial charge in [-0.15, -0.1) is 0 Å². The van der Waals surface area contributed by atoms with E-state index in [0.717, 1.165) is 5.75 Å². The fourth-order valence-corrected chi connectivity index (χ4v) is 0.805. The SMILES string of the molecule is CC(C)COc1ccc(O)cc1. The number of phenols is 1. The minimum Gasteiger partial charge on any atom is -0.508 e. The zero-order valence-electron chi connectivity index (χ0n) is 7.45. The first-order chi connectivity index (χ1) is 5.68. The molecule has 1 aromatic rings. The molecule has 0 saturated carbocycles. The zero-order chi connectivity index (χ0) is 8.97. The molecule has 0 atom stereocenters. The van der Waals surface area contributed by atoms with Crippen LogP contribution in [0.4, 0.5) is 0 Å². The second-order valence-corrected chi connectivity index (χ2v) is 3.20. The summed E-state index contributed by atoms with van der Waals surface area (Å²) in [5.41, 5.74) is 0. The first-order valence-electron chi connectivity index (χ1n) is 4.10. The van der Waals surface area contributed by atoms with E-state index in [4.69, 9.17) is 9.84 Å². The quantitative estimate of drug-likeness (QED) is 0.747. The summed E-state index contributed by atoms with van der Waals surface area (Å²) in [6.07, 6.45) is 0. The van der Waals surface area contributed by atoms with Crippen LogP contribution < -0.4 is 4.74 Å². The highest BCUT2D eigenvalue weighted by Crippen LogP contribution is 2.16. The minimum atomic E-state index is 0.270. The van der Waals surface area contributed by atoms with E-state index in [1.807, 2.05) is 0 Å². The third-order valence-electron chi connectivity index (χ3n) is 1.42. The van der Waals surface area contributed by atoms with Gasteiger partial charge in [-0.2, -0.15) is 0 Å². The molecule has 0 heterocycles. The van der Waals surface area contributed by atoms with E-state index in [-0.39, 0.29) is 5.75 Å². The van der Waals surface area contributed by atoms with Crippen molar-refractivity contribution in [1.29, 1.82) is 0 Å². The van der Waals surface area contributed by atoms with Crippen LogP contribution in [-0.2, 0) is 0 Å². The van der Waals surface area contributed by atoms with Gasteiger partial charge in [0.1, 0.15) is 11.5 Å². The number of ether oxygens (including phenoxy) is 1. The maximum atomic E-state index is 8.98. The highest BCUT2D eigenvalue weighted by Gasteiger charge is 1.96. The molecule has 2 heteroatoms. The molecule has 0 spiro atoms. The van der Waals surface area contributed by atoms with Crippen molar-refractivity contribution in [2.45, 2.75) is 13.8 Å². The molecule has 1 aromatic carbocycles. The highest BCUT2D eigenvalue weighted by atomic mass is 16.5. The largest absolute Gasteiger partial charge is 0.508 e. The number of phenolic OH excluding ortho intramolecular Hbond substituents is 1. The molecule has 0 aliphatic rings. The van der Waals surface area contributed by atoms with Gasteiger partial charge in [0.2, 0.25) is 0 Å². The van der Waals surface area contributed by atoms with Gasteiger partial charge in [-0.1, -0.05) is 13.8 Å². The predicted octanol–water partition coefficient (Wildman–Crippen LogP) is 2.43. The van der Waals surface area contributed by atoms with Crippen LogP contribution in [-0.4, -0.2) is 11.7 Å². The molecule has 0 amide bonds. The van der Waals surface area contributed by atoms with E-state index in [2.05, 4.69) is 13.8 Å². The number of hydrogen-bond acceptors (Lipinski definition) is 2. The van der Waals surface area contributed by atoms with Crippen molar-refractivity contribution in [3.8, 4) is 11.5 Å². The Bertz CT molecular complexity index is 226. The van der Waals surface area contributed by atoms with Crippen molar-refractivity contribution < 1.29 is 9.84 Å². The van der Waals surface area contributed by atoms with E-state index in [0.29, 0.717) is 12.5 Å². The second-order valence-electron chi connectivity index (χ2n) is 3.20. The summed E-state index contributed by atoms with van der Waals surface area (Å²) >= 11 is 0. The van der Waals surface area contributed by atoms with Gasteiger partial charge >= 0.3 is 0 Å². The number of rotatable bonds is 3. The van der Waals surface area contributed by atoms with Gasteiger partial charge in [0.05, 0.1) is 6.61 Å². The monoisotopic (exact) mass is 166 g/mol. The van der Waals surface area contributed by atoms with Gasteiger partial charge in [-0.05, 0) is 30.2 Å². The van der Waals surface area contributed by atoms with Crippen LogP contribution in [0.2, 0.25) is 0 Å². The maximum absolute atomic E-state index is 8.98. The van der Waals surface area contributed by atoms with Crippen molar-refractivity contribution in [2.24, 2.45) is 5.92 Å². The van der Waals surface area contributed by atoms with Crippen molar-refractivity contribution in [1.82, 2.24) is 0 Å². The van der Waals surface area contributed by atoms with Gasteiger partial charge in [-0.25, -0.2) is 0 Å². The lowest BCUT2D eigenvalue weighted by Crippen LogP contribution is -2.03. The van der Waals surface area contributed by atoms with Crippen molar-refractivity contribution >= 4 is 0 Å². The number of hydrogen-bond donors (Lipinski definition) is 1. The standard InChI is InChI=1S/C10H14O2/c1-8(2)7-12-10-5-3-9(11)4-6-10/h3-6,8,11H,7H2,1-2H3. The van der Waals surface area contributed by atoms with Crippen molar-refractivity contribution in [2.75, 3.05) is 6.61 Å². The fraction of sp³-hybridized carbons (Fsp3) is 0.400. The second kappa shape index (κ2) is 4.00. The van der Waals surface area contributed by atoms with Crippen LogP contribution in [0.15, 0.2) is 24.3 Å². The molecule has 0 bridgehead atoms. The Morgan fingerprint density at radius 2 is 1.83 bits per heavy atom. The first-order valence-corrected chi connectivity index (χ1v) is 4.10. The third-order valence-corrected chi connectivity index (χ3v) is 1.42. The highest BCUT2D eigenvalue weighted by molar-refractivity contribution is 5.29. The van der Waals surface area contributed by atoms with Crippen molar-refractivity contribution in [3.63, 3.8) is 0 Å². The molecule has 12 heavy (non-hydrogen) atoms. The smallest absolute Gasteiger partial charge is 0.119 e. The summed E-state index contributed by atoms with van der Waals surface area (Å²) in [4.78, 5) is 0. The summed E-state index contributed by atoms with van der Waals surface area (Å²) in [5.74, 6) is 1.60. The van der Waals surface area contributed by atoms with Gasteiger partial charge in [0.15, 0.2) is 0 Å². The van der Waals surface area contributed by atoms with E-state index < -0.39 is 0 Å². The molecule has 0 unspecified atom stereocenters. The predicted molar refractivity (Wildman–Crippen MR) is 48.4 cm³/mol. The Labute approximate surface area is 72.8 Å². The number of aromatic hydroxyl groups is 1. The van der Waals surface area contributed by atoms with Crippen LogP contribution in [0.1, 0.15) is 13.8 Å². The van der Waals surface area contributed by atoms with Crippen molar-refractivity contribution in [3.05, 3.63) is 24.3 Å². The van der Waals surface area contributed by atoms with Gasteiger partial charge in [0.25, 0.3) is 0 Å². The van der Waals surface area contributed by atoms with Gasteiger partial charge in [0, 0.05) is 0 Å². The van der Waals surface area contributed by atoms with Crippen LogP contribution in [0.5, 0.6) is 11.5 Å². The Kier molecular flexibility index (Phi) is 2.97. The molecular formula is C10H14O2. The molecule has 1 N–H and O–H groups in total. The molecule has 0 radical (unpaired) electrons. The molecule has 0 aliphatic heterocycles. The molecule has 66 valence electrons. The van der Waals surface area contributed by atoms with Crippen LogP contribution >= 0.6 is 0 Å². The first kappa shape index (κ1) is 8.91. The van der Waals surface area contributed by atoms with E-state index in [1.54, 1.807) is 24.3 Å². The fourth-order valence-electron chi connectivity index (χ4n) is 0.805. The van der Waals surface area contributed by atoms with Crippen LogP contribution in [0.25, 0.3) is 0 Å². The minimum absolute atomic E-state index is 0.270. The van der Waals surface area contributed by atoms with E-state index in [9.17, 15) is 0 Å². The lowest BCUT2D eigenvalue weighted by atomic mass is 10.2. The lowest BCUT2D eigenvalue weighted by Gasteiger charge is -2.07. The molecule has 0 aliphatic carbocycles. The van der Waals surface area contributed by atoms with E-state index in [1.165, 1.54) is 0 Å². The summed E-state index contributed by atoms with van der Waals surface area (Å²) in [5, 5.41) is 8.98. The van der Waals surface area contributed by atoms with Crippen LogP contribution in [0, 0.1) is 5.92 Å². The maximum Gasteiger partial charge on any atom is 0.119 e. The summed E-state index contributed by atoms with van der Waals surface area (Å²) in [7, 11) is 0. The average molecular weight is 166 g/mol. The van der Waals surface area contributed by atoms with E-state index >= 15 is 0 Å². The molecule has 1 rings (SSSR count).